The van der Waals surface area contributed by atoms with E-state index in [9.17, 15) is 4.39 Å². The molecule has 0 aliphatic heterocycles. The van der Waals surface area contributed by atoms with Crippen molar-refractivity contribution in [1.29, 1.82) is 0 Å². The molecule has 5 nitrogen and oxygen atoms in total. The molecule has 2 aromatic rings. The lowest BCUT2D eigenvalue weighted by Gasteiger charge is -2.16. The van der Waals surface area contributed by atoms with Crippen LogP contribution < -0.4 is 5.73 Å². The number of rotatable bonds is 5. The fourth-order valence-corrected chi connectivity index (χ4v) is 2.55. The Morgan fingerprint density at radius 3 is 2.85 bits per heavy atom. The van der Waals surface area contributed by atoms with Crippen LogP contribution in [0, 0.1) is 11.7 Å². The van der Waals surface area contributed by atoms with Gasteiger partial charge < -0.3 is 5.73 Å². The molecule has 106 valence electrons. The van der Waals surface area contributed by atoms with Gasteiger partial charge in [-0.25, -0.2) is 9.07 Å². The highest BCUT2D eigenvalue weighted by atomic mass is 19.1. The van der Waals surface area contributed by atoms with Gasteiger partial charge in [-0.2, -0.15) is 0 Å². The molecule has 1 heterocycles. The number of hydrogen-bond acceptors (Lipinski definition) is 4. The highest BCUT2D eigenvalue weighted by Crippen LogP contribution is 2.38. The molecule has 1 aliphatic carbocycles. The van der Waals surface area contributed by atoms with Gasteiger partial charge in [-0.1, -0.05) is 19.8 Å². The van der Waals surface area contributed by atoms with Crippen LogP contribution >= 0.6 is 0 Å². The molecule has 0 bridgehead atoms. The predicted molar refractivity (Wildman–Crippen MR) is 74.3 cm³/mol. The summed E-state index contributed by atoms with van der Waals surface area (Å²) < 4.78 is 15.3. The molecule has 0 amide bonds. The van der Waals surface area contributed by atoms with Crippen molar-refractivity contribution < 1.29 is 4.39 Å². The Morgan fingerprint density at radius 1 is 1.40 bits per heavy atom. The second-order valence-corrected chi connectivity index (χ2v) is 5.46. The Labute approximate surface area is 117 Å². The second-order valence-electron chi connectivity index (χ2n) is 5.46. The number of nitrogen functional groups attached to an aromatic ring is 1. The van der Waals surface area contributed by atoms with Crippen LogP contribution in [0.3, 0.4) is 0 Å². The van der Waals surface area contributed by atoms with Crippen molar-refractivity contribution in [2.45, 2.75) is 38.6 Å². The van der Waals surface area contributed by atoms with Gasteiger partial charge in [0, 0.05) is 11.3 Å². The zero-order valence-corrected chi connectivity index (χ0v) is 11.5. The fraction of sp³-hybridized carbons (Fsp3) is 0.500. The molecule has 1 aromatic carbocycles. The normalized spacial score (nSPS) is 16.3. The highest BCUT2D eigenvalue weighted by molar-refractivity contribution is 5.61. The predicted octanol–water partition coefficient (Wildman–Crippen LogP) is 2.81. The summed E-state index contributed by atoms with van der Waals surface area (Å²) in [6.07, 6.45) is 4.63. The molecule has 1 atom stereocenters. The number of hydrogen-bond donors (Lipinski definition) is 1. The van der Waals surface area contributed by atoms with E-state index in [4.69, 9.17) is 5.73 Å². The summed E-state index contributed by atoms with van der Waals surface area (Å²) in [5.74, 6) is 1.00. The number of nitrogens with zero attached hydrogens (tertiary/aromatic N) is 4. The molecule has 1 aliphatic rings. The van der Waals surface area contributed by atoms with E-state index in [-0.39, 0.29) is 11.9 Å². The van der Waals surface area contributed by atoms with Crippen LogP contribution in [0.15, 0.2) is 18.2 Å². The van der Waals surface area contributed by atoms with Gasteiger partial charge in [-0.05, 0) is 47.4 Å². The van der Waals surface area contributed by atoms with Crippen molar-refractivity contribution in [3.63, 3.8) is 0 Å². The molecular weight excluding hydrogens is 257 g/mol. The number of nitrogens with two attached hydrogens (primary N) is 1. The monoisotopic (exact) mass is 275 g/mol. The van der Waals surface area contributed by atoms with E-state index < -0.39 is 0 Å². The Hall–Kier alpha value is -1.98. The maximum atomic E-state index is 13.5. The van der Waals surface area contributed by atoms with Crippen LogP contribution in [0.1, 0.15) is 38.6 Å². The van der Waals surface area contributed by atoms with Crippen molar-refractivity contribution in [3.8, 4) is 11.4 Å². The zero-order chi connectivity index (χ0) is 14.1. The molecule has 20 heavy (non-hydrogen) atoms. The van der Waals surface area contributed by atoms with Gasteiger partial charge in [0.2, 0.25) is 0 Å². The Balaban J connectivity index is 1.95. The third-order valence-electron chi connectivity index (χ3n) is 3.79. The Kier molecular flexibility index (Phi) is 3.38. The van der Waals surface area contributed by atoms with Crippen molar-refractivity contribution in [2.24, 2.45) is 5.92 Å². The molecule has 1 unspecified atom stereocenters. The number of benzene rings is 1. The highest BCUT2D eigenvalue weighted by Gasteiger charge is 2.27. The maximum Gasteiger partial charge on any atom is 0.182 e. The zero-order valence-electron chi connectivity index (χ0n) is 11.5. The van der Waals surface area contributed by atoms with Gasteiger partial charge in [0.1, 0.15) is 5.82 Å². The summed E-state index contributed by atoms with van der Waals surface area (Å²) in [5, 5.41) is 11.9. The molecule has 3 rings (SSSR count). The van der Waals surface area contributed by atoms with E-state index in [1.54, 1.807) is 6.07 Å². The number of halogens is 1. The van der Waals surface area contributed by atoms with Crippen LogP contribution in [-0.4, -0.2) is 20.2 Å². The molecule has 1 aromatic heterocycles. The van der Waals surface area contributed by atoms with E-state index in [1.165, 1.54) is 25.0 Å². The summed E-state index contributed by atoms with van der Waals surface area (Å²) in [5.41, 5.74) is 6.70. The van der Waals surface area contributed by atoms with Crippen molar-refractivity contribution in [1.82, 2.24) is 20.2 Å². The summed E-state index contributed by atoms with van der Waals surface area (Å²) >= 11 is 0. The van der Waals surface area contributed by atoms with Gasteiger partial charge in [0.15, 0.2) is 5.82 Å². The Morgan fingerprint density at radius 2 is 2.20 bits per heavy atom. The van der Waals surface area contributed by atoms with Gasteiger partial charge in [0.25, 0.3) is 0 Å². The van der Waals surface area contributed by atoms with Crippen LogP contribution in [0.2, 0.25) is 0 Å². The third-order valence-corrected chi connectivity index (χ3v) is 3.79. The third kappa shape index (κ3) is 2.64. The van der Waals surface area contributed by atoms with Crippen LogP contribution in [-0.2, 0) is 0 Å². The Bertz CT molecular complexity index is 585. The fourth-order valence-electron chi connectivity index (χ4n) is 2.55. The van der Waals surface area contributed by atoms with E-state index in [2.05, 4.69) is 22.4 Å². The first-order chi connectivity index (χ1) is 9.67. The minimum Gasteiger partial charge on any atom is -0.399 e. The minimum atomic E-state index is -0.371. The first-order valence-corrected chi connectivity index (χ1v) is 7.01. The quantitative estimate of drug-likeness (QED) is 0.852. The van der Waals surface area contributed by atoms with E-state index in [1.807, 2.05) is 4.68 Å². The molecular formula is C14H18FN5. The second kappa shape index (κ2) is 5.19. The van der Waals surface area contributed by atoms with Crippen LogP contribution in [0.5, 0.6) is 0 Å². The molecule has 1 saturated carbocycles. The first-order valence-electron chi connectivity index (χ1n) is 7.01. The van der Waals surface area contributed by atoms with Gasteiger partial charge in [-0.15, -0.1) is 5.10 Å². The van der Waals surface area contributed by atoms with Crippen LogP contribution in [0.4, 0.5) is 10.1 Å². The number of aromatic nitrogens is 4. The molecule has 0 spiro atoms. The lowest BCUT2D eigenvalue weighted by atomic mass is 10.1. The van der Waals surface area contributed by atoms with Gasteiger partial charge >= 0.3 is 0 Å². The van der Waals surface area contributed by atoms with E-state index >= 15 is 0 Å². The molecule has 1 fully saturated rings. The van der Waals surface area contributed by atoms with Gasteiger partial charge in [0.05, 0.1) is 6.04 Å². The molecule has 0 saturated heterocycles. The summed E-state index contributed by atoms with van der Waals surface area (Å²) in [4.78, 5) is 0. The SMILES string of the molecule is CCC(CC1CC1)n1nnnc1-c1cc(N)cc(F)c1. The maximum absolute atomic E-state index is 13.5. The van der Waals surface area contributed by atoms with Crippen LogP contribution in [0.25, 0.3) is 11.4 Å². The summed E-state index contributed by atoms with van der Waals surface area (Å²) in [6.45, 7) is 2.12. The number of anilines is 1. The van der Waals surface area contributed by atoms with Crippen molar-refractivity contribution >= 4 is 5.69 Å². The summed E-state index contributed by atoms with van der Waals surface area (Å²) in [6, 6.07) is 4.67. The minimum absolute atomic E-state index is 0.261. The van der Waals surface area contributed by atoms with Gasteiger partial charge in [-0.3, -0.25) is 0 Å². The average molecular weight is 275 g/mol. The first kappa shape index (κ1) is 13.0. The number of tetrazole rings is 1. The lowest BCUT2D eigenvalue weighted by molar-refractivity contribution is 0.388. The average Bonchev–Trinajstić information content (AvgIpc) is 3.09. The van der Waals surface area contributed by atoms with Crippen molar-refractivity contribution in [3.05, 3.63) is 24.0 Å². The molecule has 0 radical (unpaired) electrons. The smallest absolute Gasteiger partial charge is 0.182 e. The standard InChI is InChI=1S/C14H18FN5/c1-2-13(5-9-3-4-9)20-14(17-18-19-20)10-6-11(15)8-12(16)7-10/h6-9,13H,2-5,16H2,1H3. The van der Waals surface area contributed by atoms with E-state index in [0.717, 1.165) is 18.8 Å². The van der Waals surface area contributed by atoms with E-state index in [0.29, 0.717) is 17.1 Å². The largest absolute Gasteiger partial charge is 0.399 e. The lowest BCUT2D eigenvalue weighted by Crippen LogP contribution is -2.12. The molecule has 2 N–H and O–H groups in total. The topological polar surface area (TPSA) is 69.6 Å². The van der Waals surface area contributed by atoms with Crippen molar-refractivity contribution in [2.75, 3.05) is 5.73 Å². The molecule has 6 heteroatoms. The summed E-state index contributed by atoms with van der Waals surface area (Å²) in [7, 11) is 0.